The zero-order chi connectivity index (χ0) is 12.6. The summed E-state index contributed by atoms with van der Waals surface area (Å²) in [5.74, 6) is 1.94. The minimum atomic E-state index is -0.775. The van der Waals surface area contributed by atoms with Gasteiger partial charge in [-0.25, -0.2) is 0 Å². The average Bonchev–Trinajstić information content (AvgIpc) is 2.42. The largest absolute Gasteiger partial charge is 0.258 e. The summed E-state index contributed by atoms with van der Waals surface area (Å²) in [7, 11) is -0.775. The van der Waals surface area contributed by atoms with Gasteiger partial charge in [0.25, 0.3) is 0 Å². The van der Waals surface area contributed by atoms with E-state index in [4.69, 9.17) is 0 Å². The lowest BCUT2D eigenvalue weighted by Crippen LogP contribution is -2.30. The van der Waals surface area contributed by atoms with Crippen molar-refractivity contribution in [3.8, 4) is 0 Å². The molecule has 1 saturated heterocycles. The van der Waals surface area contributed by atoms with Crippen molar-refractivity contribution in [2.75, 3.05) is 11.5 Å². The molecule has 1 nitrogen and oxygen atoms in total. The highest BCUT2D eigenvalue weighted by Crippen LogP contribution is 2.43. The van der Waals surface area contributed by atoms with Gasteiger partial charge in [-0.3, -0.25) is 4.21 Å². The van der Waals surface area contributed by atoms with Crippen LogP contribution in [0, 0.1) is 0 Å². The lowest BCUT2D eigenvalue weighted by Gasteiger charge is -2.32. The summed E-state index contributed by atoms with van der Waals surface area (Å²) in [6.07, 6.45) is 1.07. The van der Waals surface area contributed by atoms with Gasteiger partial charge in [-0.2, -0.15) is 0 Å². The first-order chi connectivity index (χ1) is 8.70. The summed E-state index contributed by atoms with van der Waals surface area (Å²) in [5.41, 5.74) is 1.20. The van der Waals surface area contributed by atoms with E-state index >= 15 is 0 Å². The van der Waals surface area contributed by atoms with Crippen LogP contribution in [0.3, 0.4) is 0 Å². The van der Waals surface area contributed by atoms with E-state index in [0.717, 1.165) is 17.9 Å². The van der Waals surface area contributed by atoms with E-state index in [9.17, 15) is 4.21 Å². The van der Waals surface area contributed by atoms with Crippen molar-refractivity contribution in [1.82, 2.24) is 0 Å². The molecule has 0 N–H and O–H groups in total. The van der Waals surface area contributed by atoms with Crippen LogP contribution in [0.2, 0.25) is 0 Å². The third kappa shape index (κ3) is 1.99. The number of thioether (sulfide) groups is 1. The highest BCUT2D eigenvalue weighted by Gasteiger charge is 2.36. The standard InChI is InChI=1S/C15H16OS2/c1-15(17-9-4-10-18(15)16)14-8-7-12-5-2-3-6-13(12)11-14/h2-3,5-8,11H,4,9-10H2,1H3. The minimum absolute atomic E-state index is 0.234. The zero-order valence-electron chi connectivity index (χ0n) is 10.4. The monoisotopic (exact) mass is 276 g/mol. The smallest absolute Gasteiger partial charge is 0.113 e. The summed E-state index contributed by atoms with van der Waals surface area (Å²) >= 11 is 1.84. The fraction of sp³-hybridized carbons (Fsp3) is 0.333. The van der Waals surface area contributed by atoms with Gasteiger partial charge in [-0.15, -0.1) is 11.8 Å². The molecule has 0 saturated carbocycles. The first-order valence-electron chi connectivity index (χ1n) is 6.22. The molecule has 0 aromatic heterocycles. The van der Waals surface area contributed by atoms with E-state index in [1.54, 1.807) is 0 Å². The third-order valence-corrected chi connectivity index (χ3v) is 7.51. The lowest BCUT2D eigenvalue weighted by atomic mass is 10.1. The molecule has 18 heavy (non-hydrogen) atoms. The van der Waals surface area contributed by atoms with Gasteiger partial charge in [-0.05, 0) is 41.5 Å². The Morgan fingerprint density at radius 3 is 2.72 bits per heavy atom. The summed E-state index contributed by atoms with van der Waals surface area (Å²) < 4.78 is 12.1. The maximum absolute atomic E-state index is 12.3. The molecule has 2 aromatic carbocycles. The van der Waals surface area contributed by atoms with Crippen molar-refractivity contribution in [3.05, 3.63) is 48.0 Å². The van der Waals surface area contributed by atoms with Crippen molar-refractivity contribution in [3.63, 3.8) is 0 Å². The molecule has 1 aliphatic rings. The molecule has 1 heterocycles. The van der Waals surface area contributed by atoms with Crippen molar-refractivity contribution in [2.45, 2.75) is 17.4 Å². The maximum atomic E-state index is 12.3. The number of rotatable bonds is 1. The molecule has 1 aliphatic heterocycles. The molecule has 0 aliphatic carbocycles. The molecule has 0 spiro atoms. The summed E-state index contributed by atoms with van der Waals surface area (Å²) in [6, 6.07) is 14.8. The van der Waals surface area contributed by atoms with E-state index in [1.165, 1.54) is 16.3 Å². The predicted octanol–water partition coefficient (Wildman–Crippen LogP) is 3.90. The third-order valence-electron chi connectivity index (χ3n) is 3.56. The van der Waals surface area contributed by atoms with E-state index in [0.29, 0.717) is 0 Å². The quantitative estimate of drug-likeness (QED) is 0.786. The molecule has 2 unspecified atom stereocenters. The van der Waals surface area contributed by atoms with Crippen LogP contribution in [0.1, 0.15) is 18.9 Å². The van der Waals surface area contributed by atoms with E-state index < -0.39 is 10.8 Å². The Morgan fingerprint density at radius 2 is 1.94 bits per heavy atom. The van der Waals surface area contributed by atoms with Gasteiger partial charge in [0.1, 0.15) is 4.08 Å². The topological polar surface area (TPSA) is 17.1 Å². The molecule has 3 heteroatoms. The van der Waals surface area contributed by atoms with E-state index in [-0.39, 0.29) is 4.08 Å². The first-order valence-corrected chi connectivity index (χ1v) is 8.52. The van der Waals surface area contributed by atoms with Crippen LogP contribution in [-0.4, -0.2) is 15.7 Å². The van der Waals surface area contributed by atoms with Crippen LogP contribution in [-0.2, 0) is 14.9 Å². The minimum Gasteiger partial charge on any atom is -0.258 e. The number of benzene rings is 2. The van der Waals surface area contributed by atoms with Gasteiger partial charge in [0.05, 0.1) is 0 Å². The summed E-state index contributed by atoms with van der Waals surface area (Å²) in [5, 5.41) is 2.48. The Bertz CT molecular complexity index is 608. The number of hydrogen-bond acceptors (Lipinski definition) is 2. The molecule has 94 valence electrons. The Labute approximate surface area is 114 Å². The van der Waals surface area contributed by atoms with E-state index in [1.807, 2.05) is 11.8 Å². The Kier molecular flexibility index (Phi) is 3.20. The second-order valence-corrected chi connectivity index (χ2v) is 8.45. The van der Waals surface area contributed by atoms with Crippen LogP contribution in [0.25, 0.3) is 10.8 Å². The highest BCUT2D eigenvalue weighted by molar-refractivity contribution is 8.12. The van der Waals surface area contributed by atoms with Gasteiger partial charge in [0.15, 0.2) is 0 Å². The van der Waals surface area contributed by atoms with Crippen LogP contribution < -0.4 is 0 Å². The van der Waals surface area contributed by atoms with Gasteiger partial charge in [0.2, 0.25) is 0 Å². The predicted molar refractivity (Wildman–Crippen MR) is 81.4 cm³/mol. The van der Waals surface area contributed by atoms with Crippen molar-refractivity contribution in [2.24, 2.45) is 0 Å². The normalized spacial score (nSPS) is 28.4. The average molecular weight is 276 g/mol. The Hall–Kier alpha value is -0.800. The fourth-order valence-corrected chi connectivity index (χ4v) is 5.77. The summed E-state index contributed by atoms with van der Waals surface area (Å²) in [6.45, 7) is 2.12. The second kappa shape index (κ2) is 4.71. The summed E-state index contributed by atoms with van der Waals surface area (Å²) in [4.78, 5) is 0. The Morgan fingerprint density at radius 1 is 1.17 bits per heavy atom. The van der Waals surface area contributed by atoms with Crippen LogP contribution in [0.4, 0.5) is 0 Å². The van der Waals surface area contributed by atoms with Crippen molar-refractivity contribution >= 4 is 33.3 Å². The van der Waals surface area contributed by atoms with Crippen LogP contribution in [0.15, 0.2) is 42.5 Å². The van der Waals surface area contributed by atoms with Gasteiger partial charge >= 0.3 is 0 Å². The molecule has 0 radical (unpaired) electrons. The van der Waals surface area contributed by atoms with Crippen LogP contribution in [0.5, 0.6) is 0 Å². The zero-order valence-corrected chi connectivity index (χ0v) is 12.0. The maximum Gasteiger partial charge on any atom is 0.113 e. The van der Waals surface area contributed by atoms with Crippen molar-refractivity contribution < 1.29 is 4.21 Å². The highest BCUT2D eigenvalue weighted by atomic mass is 32.2. The van der Waals surface area contributed by atoms with Gasteiger partial charge in [-0.1, -0.05) is 36.4 Å². The van der Waals surface area contributed by atoms with Gasteiger partial charge in [0, 0.05) is 16.6 Å². The molecule has 0 amide bonds. The molecule has 1 fully saturated rings. The van der Waals surface area contributed by atoms with Gasteiger partial charge < -0.3 is 0 Å². The van der Waals surface area contributed by atoms with Crippen molar-refractivity contribution in [1.29, 1.82) is 0 Å². The molecule has 3 rings (SSSR count). The number of fused-ring (bicyclic) bond motifs is 1. The van der Waals surface area contributed by atoms with Crippen LogP contribution >= 0.6 is 11.8 Å². The molecule has 2 aromatic rings. The second-order valence-electron chi connectivity index (χ2n) is 4.76. The molecular weight excluding hydrogens is 260 g/mol. The fourth-order valence-electron chi connectivity index (χ4n) is 2.40. The lowest BCUT2D eigenvalue weighted by molar-refractivity contribution is 0.667. The molecule has 2 atom stereocenters. The molecular formula is C15H16OS2. The molecule has 0 bridgehead atoms. The Balaban J connectivity index is 2.10. The number of hydrogen-bond donors (Lipinski definition) is 0. The SMILES string of the molecule is CC1(c2ccc3ccccc3c2)SCCCS1=O. The first kappa shape index (κ1) is 12.2. The van der Waals surface area contributed by atoms with E-state index in [2.05, 4.69) is 49.4 Å².